The van der Waals surface area contributed by atoms with Crippen molar-refractivity contribution in [1.82, 2.24) is 14.5 Å². The van der Waals surface area contributed by atoms with E-state index in [-0.39, 0.29) is 6.61 Å². The van der Waals surface area contributed by atoms with Gasteiger partial charge in [0.05, 0.1) is 12.9 Å². The van der Waals surface area contributed by atoms with Crippen LogP contribution in [-0.2, 0) is 6.54 Å². The van der Waals surface area contributed by atoms with Crippen molar-refractivity contribution in [3.05, 3.63) is 48.5 Å². The summed E-state index contributed by atoms with van der Waals surface area (Å²) in [5, 5.41) is 9.36. The normalized spacial score (nSPS) is 16.3. The van der Waals surface area contributed by atoms with Crippen molar-refractivity contribution in [2.24, 2.45) is 0 Å². The standard InChI is InChI=1S/C18H25N3O/c22-13-12-20(17-4-2-1-3-5-17)14-16-6-8-18(9-7-16)21-11-10-19-15-21/h6-11,15,17,22H,1-5,12-14H2. The van der Waals surface area contributed by atoms with Gasteiger partial charge in [-0.05, 0) is 30.5 Å². The minimum absolute atomic E-state index is 0.240. The summed E-state index contributed by atoms with van der Waals surface area (Å²) in [4.78, 5) is 6.53. The third kappa shape index (κ3) is 3.76. The van der Waals surface area contributed by atoms with Gasteiger partial charge in [-0.2, -0.15) is 0 Å². The van der Waals surface area contributed by atoms with E-state index in [1.54, 1.807) is 6.20 Å². The average molecular weight is 299 g/mol. The van der Waals surface area contributed by atoms with Gasteiger partial charge in [-0.1, -0.05) is 31.4 Å². The summed E-state index contributed by atoms with van der Waals surface area (Å²) in [6.45, 7) is 1.94. The molecule has 4 nitrogen and oxygen atoms in total. The van der Waals surface area contributed by atoms with Crippen molar-refractivity contribution in [3.63, 3.8) is 0 Å². The van der Waals surface area contributed by atoms with Gasteiger partial charge in [-0.25, -0.2) is 4.98 Å². The summed E-state index contributed by atoms with van der Waals surface area (Å²) in [5.41, 5.74) is 2.44. The largest absolute Gasteiger partial charge is 0.395 e. The van der Waals surface area contributed by atoms with Crippen LogP contribution < -0.4 is 0 Å². The lowest BCUT2D eigenvalue weighted by Crippen LogP contribution is -2.38. The number of aromatic nitrogens is 2. The topological polar surface area (TPSA) is 41.3 Å². The fraction of sp³-hybridized carbons (Fsp3) is 0.500. The Balaban J connectivity index is 1.66. The first kappa shape index (κ1) is 15.3. The molecule has 22 heavy (non-hydrogen) atoms. The number of benzene rings is 1. The van der Waals surface area contributed by atoms with E-state index < -0.39 is 0 Å². The molecule has 0 saturated heterocycles. The van der Waals surface area contributed by atoms with Crippen LogP contribution >= 0.6 is 0 Å². The summed E-state index contributed by atoms with van der Waals surface area (Å²) < 4.78 is 2.01. The zero-order chi connectivity index (χ0) is 15.2. The average Bonchev–Trinajstić information content (AvgIpc) is 3.10. The van der Waals surface area contributed by atoms with Gasteiger partial charge in [0.25, 0.3) is 0 Å². The minimum Gasteiger partial charge on any atom is -0.395 e. The molecule has 1 fully saturated rings. The molecular formula is C18H25N3O. The van der Waals surface area contributed by atoms with Gasteiger partial charge in [0.1, 0.15) is 0 Å². The third-order valence-electron chi connectivity index (χ3n) is 4.60. The number of rotatable bonds is 6. The molecule has 0 spiro atoms. The van der Waals surface area contributed by atoms with Gasteiger partial charge in [-0.3, -0.25) is 4.90 Å². The van der Waals surface area contributed by atoms with Crippen molar-refractivity contribution >= 4 is 0 Å². The summed E-state index contributed by atoms with van der Waals surface area (Å²) in [6.07, 6.45) is 12.1. The van der Waals surface area contributed by atoms with Crippen LogP contribution in [-0.4, -0.2) is 38.8 Å². The Labute approximate surface area is 132 Å². The lowest BCUT2D eigenvalue weighted by molar-refractivity contribution is 0.117. The highest BCUT2D eigenvalue weighted by Gasteiger charge is 2.20. The molecular weight excluding hydrogens is 274 g/mol. The van der Waals surface area contributed by atoms with Crippen molar-refractivity contribution in [3.8, 4) is 5.69 Å². The molecule has 0 unspecified atom stereocenters. The van der Waals surface area contributed by atoms with Gasteiger partial charge >= 0.3 is 0 Å². The van der Waals surface area contributed by atoms with Gasteiger partial charge in [0.15, 0.2) is 0 Å². The smallest absolute Gasteiger partial charge is 0.0991 e. The zero-order valence-corrected chi connectivity index (χ0v) is 13.1. The monoisotopic (exact) mass is 299 g/mol. The molecule has 1 aliphatic rings. The van der Waals surface area contributed by atoms with E-state index in [0.29, 0.717) is 6.04 Å². The summed E-state index contributed by atoms with van der Waals surface area (Å²) in [5.74, 6) is 0. The van der Waals surface area contributed by atoms with Gasteiger partial charge in [0.2, 0.25) is 0 Å². The predicted molar refractivity (Wildman–Crippen MR) is 87.9 cm³/mol. The minimum atomic E-state index is 0.240. The van der Waals surface area contributed by atoms with Crippen LogP contribution in [0, 0.1) is 0 Å². The van der Waals surface area contributed by atoms with Crippen LogP contribution in [0.5, 0.6) is 0 Å². The van der Waals surface area contributed by atoms with Crippen LogP contribution in [0.15, 0.2) is 43.0 Å². The summed E-state index contributed by atoms with van der Waals surface area (Å²) in [7, 11) is 0. The highest BCUT2D eigenvalue weighted by Crippen LogP contribution is 2.24. The Morgan fingerprint density at radius 2 is 1.91 bits per heavy atom. The Morgan fingerprint density at radius 3 is 2.55 bits per heavy atom. The van der Waals surface area contributed by atoms with Crippen LogP contribution in [0.25, 0.3) is 5.69 Å². The second kappa shape index (κ2) is 7.56. The zero-order valence-electron chi connectivity index (χ0n) is 13.1. The van der Waals surface area contributed by atoms with E-state index in [9.17, 15) is 5.11 Å². The van der Waals surface area contributed by atoms with Crippen molar-refractivity contribution in [2.75, 3.05) is 13.2 Å². The molecule has 118 valence electrons. The fourth-order valence-electron chi connectivity index (χ4n) is 3.39. The van der Waals surface area contributed by atoms with E-state index >= 15 is 0 Å². The molecule has 0 amide bonds. The van der Waals surface area contributed by atoms with Gasteiger partial charge in [0, 0.05) is 37.2 Å². The number of nitrogens with zero attached hydrogens (tertiary/aromatic N) is 3. The molecule has 1 heterocycles. The summed E-state index contributed by atoms with van der Waals surface area (Å²) >= 11 is 0. The molecule has 0 aliphatic heterocycles. The molecule has 1 aromatic carbocycles. The molecule has 2 aromatic rings. The molecule has 4 heteroatoms. The number of hydrogen-bond donors (Lipinski definition) is 1. The van der Waals surface area contributed by atoms with Crippen LogP contribution in [0.2, 0.25) is 0 Å². The Morgan fingerprint density at radius 1 is 1.14 bits per heavy atom. The van der Waals surface area contributed by atoms with E-state index in [4.69, 9.17) is 0 Å². The number of imidazole rings is 1. The Hall–Kier alpha value is -1.65. The first-order valence-electron chi connectivity index (χ1n) is 8.29. The summed E-state index contributed by atoms with van der Waals surface area (Å²) in [6, 6.07) is 9.27. The number of aliphatic hydroxyl groups is 1. The quantitative estimate of drug-likeness (QED) is 0.891. The maximum absolute atomic E-state index is 9.36. The van der Waals surface area contributed by atoms with Crippen molar-refractivity contribution in [1.29, 1.82) is 0 Å². The Bertz CT molecular complexity index is 544. The molecule has 0 radical (unpaired) electrons. The Kier molecular flexibility index (Phi) is 5.24. The van der Waals surface area contributed by atoms with Gasteiger partial charge < -0.3 is 9.67 Å². The van der Waals surface area contributed by atoms with E-state index in [0.717, 1.165) is 18.8 Å². The van der Waals surface area contributed by atoms with Gasteiger partial charge in [-0.15, -0.1) is 0 Å². The molecule has 1 N–H and O–H groups in total. The molecule has 1 aliphatic carbocycles. The van der Waals surface area contributed by atoms with E-state index in [2.05, 4.69) is 34.1 Å². The third-order valence-corrected chi connectivity index (χ3v) is 4.60. The molecule has 1 saturated carbocycles. The van der Waals surface area contributed by atoms with Crippen molar-refractivity contribution < 1.29 is 5.11 Å². The van der Waals surface area contributed by atoms with Crippen LogP contribution in [0.3, 0.4) is 0 Å². The SMILES string of the molecule is OCCN(Cc1ccc(-n2ccnc2)cc1)C1CCCCC1. The van der Waals surface area contributed by atoms with Crippen molar-refractivity contribution in [2.45, 2.75) is 44.7 Å². The molecule has 1 aromatic heterocycles. The fourth-order valence-corrected chi connectivity index (χ4v) is 3.39. The van der Waals surface area contributed by atoms with E-state index in [1.807, 2.05) is 17.1 Å². The highest BCUT2D eigenvalue weighted by atomic mass is 16.3. The molecule has 0 bridgehead atoms. The maximum Gasteiger partial charge on any atom is 0.0991 e. The second-order valence-electron chi connectivity index (χ2n) is 6.12. The van der Waals surface area contributed by atoms with E-state index in [1.165, 1.54) is 37.7 Å². The molecule has 3 rings (SSSR count). The number of aliphatic hydroxyl groups excluding tert-OH is 1. The maximum atomic E-state index is 9.36. The number of hydrogen-bond acceptors (Lipinski definition) is 3. The van der Waals surface area contributed by atoms with Crippen LogP contribution in [0.1, 0.15) is 37.7 Å². The highest BCUT2D eigenvalue weighted by molar-refractivity contribution is 5.34. The second-order valence-corrected chi connectivity index (χ2v) is 6.12. The lowest BCUT2D eigenvalue weighted by atomic mass is 9.94. The lowest BCUT2D eigenvalue weighted by Gasteiger charge is -2.34. The molecule has 0 atom stereocenters. The first-order valence-corrected chi connectivity index (χ1v) is 8.29. The predicted octanol–water partition coefficient (Wildman–Crippen LogP) is 3.00. The van der Waals surface area contributed by atoms with Crippen LogP contribution in [0.4, 0.5) is 0 Å². The first-order chi connectivity index (χ1) is 10.9.